The van der Waals surface area contributed by atoms with E-state index in [1.807, 2.05) is 24.3 Å². The molecule has 0 saturated heterocycles. The Hall–Kier alpha value is -1.71. The number of nitrogens with one attached hydrogen (secondary N) is 1. The first-order chi connectivity index (χ1) is 10.9. The fraction of sp³-hybridized carbons (Fsp3) is 0.278. The van der Waals surface area contributed by atoms with Crippen molar-refractivity contribution >= 4 is 34.8 Å². The first-order valence-corrected chi connectivity index (χ1v) is 8.16. The van der Waals surface area contributed by atoms with Gasteiger partial charge in [0.15, 0.2) is 6.10 Å². The number of hydrogen-bond donors (Lipinski definition) is 1. The van der Waals surface area contributed by atoms with E-state index < -0.39 is 6.10 Å². The molecular formula is C18H19Cl2NO2. The third-order valence-electron chi connectivity index (χ3n) is 3.42. The third kappa shape index (κ3) is 4.40. The molecule has 0 radical (unpaired) electrons. The predicted molar refractivity (Wildman–Crippen MR) is 95.7 cm³/mol. The summed E-state index contributed by atoms with van der Waals surface area (Å²) in [5, 5.41) is 3.50. The lowest BCUT2D eigenvalue weighted by molar-refractivity contribution is -0.122. The fourth-order valence-electron chi connectivity index (χ4n) is 2.15. The molecule has 2 rings (SSSR count). The summed E-state index contributed by atoms with van der Waals surface area (Å²) < 4.78 is 5.82. The normalized spacial score (nSPS) is 12.1. The SMILES string of the molecule is CC(C)c1ccccc1O[C@@H](C)C(=O)Nc1c(Cl)cccc1Cl. The molecule has 0 heterocycles. The zero-order valence-corrected chi connectivity index (χ0v) is 14.8. The molecular weight excluding hydrogens is 333 g/mol. The third-order valence-corrected chi connectivity index (χ3v) is 4.05. The Morgan fingerprint density at radius 3 is 2.22 bits per heavy atom. The van der Waals surface area contributed by atoms with Gasteiger partial charge in [0.2, 0.25) is 0 Å². The van der Waals surface area contributed by atoms with Gasteiger partial charge in [-0.3, -0.25) is 4.79 Å². The lowest BCUT2D eigenvalue weighted by atomic mass is 10.0. The largest absolute Gasteiger partial charge is 0.481 e. The summed E-state index contributed by atoms with van der Waals surface area (Å²) in [7, 11) is 0. The summed E-state index contributed by atoms with van der Waals surface area (Å²) in [5.41, 5.74) is 1.45. The van der Waals surface area contributed by atoms with Crippen LogP contribution in [0.3, 0.4) is 0 Å². The Labute approximate surface area is 146 Å². The standard InChI is InChI=1S/C18H19Cl2NO2/c1-11(2)13-7-4-5-10-16(13)23-12(3)18(22)21-17-14(19)8-6-9-15(17)20/h4-12H,1-3H3,(H,21,22)/t12-/m0/s1. The monoisotopic (exact) mass is 351 g/mol. The molecule has 0 aliphatic carbocycles. The molecule has 0 fully saturated rings. The van der Waals surface area contributed by atoms with E-state index in [9.17, 15) is 4.79 Å². The van der Waals surface area contributed by atoms with Crippen molar-refractivity contribution in [1.29, 1.82) is 0 Å². The number of ether oxygens (including phenoxy) is 1. The van der Waals surface area contributed by atoms with Gasteiger partial charge in [-0.25, -0.2) is 0 Å². The highest BCUT2D eigenvalue weighted by Gasteiger charge is 2.19. The number of anilines is 1. The number of carbonyl (C=O) groups is 1. The van der Waals surface area contributed by atoms with E-state index in [0.29, 0.717) is 27.4 Å². The molecule has 1 atom stereocenters. The summed E-state index contributed by atoms with van der Waals surface area (Å²) in [6.07, 6.45) is -0.678. The molecule has 3 nitrogen and oxygen atoms in total. The van der Waals surface area contributed by atoms with Crippen molar-refractivity contribution in [3.8, 4) is 5.75 Å². The van der Waals surface area contributed by atoms with Crippen molar-refractivity contribution in [3.05, 3.63) is 58.1 Å². The van der Waals surface area contributed by atoms with Gasteiger partial charge in [0.25, 0.3) is 5.91 Å². The topological polar surface area (TPSA) is 38.3 Å². The van der Waals surface area contributed by atoms with Crippen LogP contribution in [0.15, 0.2) is 42.5 Å². The number of carbonyl (C=O) groups excluding carboxylic acids is 1. The molecule has 23 heavy (non-hydrogen) atoms. The molecule has 0 aliphatic rings. The number of rotatable bonds is 5. The Morgan fingerprint density at radius 2 is 1.61 bits per heavy atom. The van der Waals surface area contributed by atoms with Gasteiger partial charge in [0.05, 0.1) is 15.7 Å². The van der Waals surface area contributed by atoms with Crippen LogP contribution in [0.25, 0.3) is 0 Å². The molecule has 2 aromatic carbocycles. The maximum absolute atomic E-state index is 12.3. The second-order valence-electron chi connectivity index (χ2n) is 5.54. The molecule has 0 unspecified atom stereocenters. The average molecular weight is 352 g/mol. The van der Waals surface area contributed by atoms with Crippen molar-refractivity contribution in [3.63, 3.8) is 0 Å². The molecule has 0 bridgehead atoms. The zero-order valence-electron chi connectivity index (χ0n) is 13.3. The van der Waals surface area contributed by atoms with Crippen molar-refractivity contribution < 1.29 is 9.53 Å². The van der Waals surface area contributed by atoms with Crippen molar-refractivity contribution in [2.24, 2.45) is 0 Å². The number of benzene rings is 2. The van der Waals surface area contributed by atoms with E-state index in [1.54, 1.807) is 25.1 Å². The summed E-state index contributed by atoms with van der Waals surface area (Å²) in [6.45, 7) is 5.85. The first kappa shape index (κ1) is 17.6. The number of hydrogen-bond acceptors (Lipinski definition) is 2. The van der Waals surface area contributed by atoms with Gasteiger partial charge in [0, 0.05) is 0 Å². The Balaban J connectivity index is 2.12. The van der Waals surface area contributed by atoms with Crippen LogP contribution in [0, 0.1) is 0 Å². The van der Waals surface area contributed by atoms with Gasteiger partial charge in [-0.15, -0.1) is 0 Å². The molecule has 1 N–H and O–H groups in total. The van der Waals surface area contributed by atoms with Crippen LogP contribution in [0.2, 0.25) is 10.0 Å². The van der Waals surface area contributed by atoms with Gasteiger partial charge in [-0.05, 0) is 36.6 Å². The summed E-state index contributed by atoms with van der Waals surface area (Å²) in [5.74, 6) is 0.702. The summed E-state index contributed by atoms with van der Waals surface area (Å²) in [6, 6.07) is 12.8. The second-order valence-corrected chi connectivity index (χ2v) is 6.35. The summed E-state index contributed by atoms with van der Waals surface area (Å²) >= 11 is 12.1. The minimum atomic E-state index is -0.678. The smallest absolute Gasteiger partial charge is 0.265 e. The van der Waals surface area contributed by atoms with Crippen LogP contribution in [-0.4, -0.2) is 12.0 Å². The number of halogens is 2. The minimum absolute atomic E-state index is 0.305. The predicted octanol–water partition coefficient (Wildman–Crippen LogP) is 5.52. The molecule has 2 aromatic rings. The molecule has 0 spiro atoms. The van der Waals surface area contributed by atoms with Gasteiger partial charge in [-0.2, -0.15) is 0 Å². The molecule has 0 aliphatic heterocycles. The van der Waals surface area contributed by atoms with E-state index >= 15 is 0 Å². The zero-order chi connectivity index (χ0) is 17.0. The van der Waals surface area contributed by atoms with E-state index in [-0.39, 0.29) is 5.91 Å². The van der Waals surface area contributed by atoms with Gasteiger partial charge >= 0.3 is 0 Å². The van der Waals surface area contributed by atoms with Gasteiger partial charge in [-0.1, -0.05) is 61.3 Å². The van der Waals surface area contributed by atoms with E-state index in [0.717, 1.165) is 5.56 Å². The van der Waals surface area contributed by atoms with Crippen LogP contribution in [0.1, 0.15) is 32.3 Å². The highest BCUT2D eigenvalue weighted by atomic mass is 35.5. The number of para-hydroxylation sites is 2. The van der Waals surface area contributed by atoms with Gasteiger partial charge in [0.1, 0.15) is 5.75 Å². The van der Waals surface area contributed by atoms with Crippen LogP contribution < -0.4 is 10.1 Å². The van der Waals surface area contributed by atoms with E-state index in [4.69, 9.17) is 27.9 Å². The lowest BCUT2D eigenvalue weighted by Crippen LogP contribution is -2.30. The molecule has 5 heteroatoms. The molecule has 1 amide bonds. The summed E-state index contributed by atoms with van der Waals surface area (Å²) in [4.78, 5) is 12.3. The average Bonchev–Trinajstić information content (AvgIpc) is 2.51. The minimum Gasteiger partial charge on any atom is -0.481 e. The molecule has 0 aromatic heterocycles. The van der Waals surface area contributed by atoms with E-state index in [1.165, 1.54) is 0 Å². The lowest BCUT2D eigenvalue weighted by Gasteiger charge is -2.19. The van der Waals surface area contributed by atoms with Crippen molar-refractivity contribution in [2.75, 3.05) is 5.32 Å². The van der Waals surface area contributed by atoms with Crippen LogP contribution >= 0.6 is 23.2 Å². The highest BCUT2D eigenvalue weighted by Crippen LogP contribution is 2.30. The van der Waals surface area contributed by atoms with Crippen LogP contribution in [0.5, 0.6) is 5.75 Å². The maximum atomic E-state index is 12.3. The highest BCUT2D eigenvalue weighted by molar-refractivity contribution is 6.39. The first-order valence-electron chi connectivity index (χ1n) is 7.40. The Bertz CT molecular complexity index is 681. The fourth-order valence-corrected chi connectivity index (χ4v) is 2.64. The second kappa shape index (κ2) is 7.71. The Kier molecular flexibility index (Phi) is 5.91. The van der Waals surface area contributed by atoms with Gasteiger partial charge < -0.3 is 10.1 Å². The molecule has 122 valence electrons. The Morgan fingerprint density at radius 1 is 1.00 bits per heavy atom. The van der Waals surface area contributed by atoms with Crippen molar-refractivity contribution in [2.45, 2.75) is 32.8 Å². The van der Waals surface area contributed by atoms with Crippen LogP contribution in [0.4, 0.5) is 5.69 Å². The number of amides is 1. The van der Waals surface area contributed by atoms with Crippen LogP contribution in [-0.2, 0) is 4.79 Å². The maximum Gasteiger partial charge on any atom is 0.265 e. The van der Waals surface area contributed by atoms with E-state index in [2.05, 4.69) is 19.2 Å². The molecule has 0 saturated carbocycles. The van der Waals surface area contributed by atoms with Crippen molar-refractivity contribution in [1.82, 2.24) is 0 Å². The quantitative estimate of drug-likeness (QED) is 0.769.